The van der Waals surface area contributed by atoms with Crippen molar-refractivity contribution in [1.29, 1.82) is 0 Å². The monoisotopic (exact) mass is 411 g/mol. The molecule has 3 aromatic heterocycles. The Morgan fingerprint density at radius 2 is 1.81 bits per heavy atom. The van der Waals surface area contributed by atoms with Crippen LogP contribution in [0.3, 0.4) is 0 Å². The third-order valence-corrected chi connectivity index (χ3v) is 5.89. The van der Waals surface area contributed by atoms with Crippen molar-refractivity contribution in [3.63, 3.8) is 0 Å². The van der Waals surface area contributed by atoms with Gasteiger partial charge in [-0.15, -0.1) is 0 Å². The van der Waals surface area contributed by atoms with Crippen LogP contribution in [0.4, 0.5) is 5.95 Å². The Balaban J connectivity index is 1.36. The number of ether oxygens (including phenoxy) is 1. The Kier molecular flexibility index (Phi) is 5.30. The first-order valence-corrected chi connectivity index (χ1v) is 10.6. The molecular weight excluding hydrogens is 386 g/mol. The number of aromatic nitrogens is 4. The van der Waals surface area contributed by atoms with Crippen LogP contribution in [0.25, 0.3) is 22.2 Å². The summed E-state index contributed by atoms with van der Waals surface area (Å²) in [6.45, 7) is 5.37. The molecule has 156 valence electrons. The summed E-state index contributed by atoms with van der Waals surface area (Å²) < 4.78 is 5.83. The van der Waals surface area contributed by atoms with Gasteiger partial charge in [-0.25, -0.2) is 9.97 Å². The maximum Gasteiger partial charge on any atom is 0.223 e. The van der Waals surface area contributed by atoms with E-state index in [1.165, 1.54) is 10.9 Å². The summed E-state index contributed by atoms with van der Waals surface area (Å²) in [6, 6.07) is 16.6. The molecule has 1 N–H and O–H groups in total. The van der Waals surface area contributed by atoms with Crippen LogP contribution in [-0.2, 0) is 11.2 Å². The Bertz CT molecular complexity index is 1220. The zero-order chi connectivity index (χ0) is 21.2. The van der Waals surface area contributed by atoms with Gasteiger partial charge in [0.1, 0.15) is 0 Å². The minimum atomic E-state index is 0.152. The minimum Gasteiger partial charge on any atom is -0.379 e. The van der Waals surface area contributed by atoms with E-state index in [-0.39, 0.29) is 6.04 Å². The average molecular weight is 412 g/mol. The molecule has 0 radical (unpaired) electrons. The van der Waals surface area contributed by atoms with E-state index in [0.29, 0.717) is 18.5 Å². The lowest BCUT2D eigenvalue weighted by Crippen LogP contribution is -2.30. The lowest BCUT2D eigenvalue weighted by molar-refractivity contribution is 0.185. The molecule has 6 nitrogen and oxygen atoms in total. The Labute approximate surface area is 181 Å². The number of aryl methyl sites for hydroxylation is 2. The van der Waals surface area contributed by atoms with Gasteiger partial charge >= 0.3 is 0 Å². The minimum absolute atomic E-state index is 0.152. The molecular formula is C25H25N5O. The van der Waals surface area contributed by atoms with E-state index in [1.54, 1.807) is 6.20 Å². The lowest BCUT2D eigenvalue weighted by atomic mass is 9.93. The predicted octanol–water partition coefficient (Wildman–Crippen LogP) is 4.37. The second-order valence-corrected chi connectivity index (χ2v) is 8.09. The second-order valence-electron chi connectivity index (χ2n) is 8.09. The number of nitrogens with zero attached hydrogens (tertiary/aromatic N) is 4. The fourth-order valence-electron chi connectivity index (χ4n) is 4.28. The topological polar surface area (TPSA) is 72.8 Å². The van der Waals surface area contributed by atoms with Gasteiger partial charge in [0.2, 0.25) is 5.95 Å². The third-order valence-electron chi connectivity index (χ3n) is 5.89. The average Bonchev–Trinajstić information content (AvgIpc) is 3.21. The summed E-state index contributed by atoms with van der Waals surface area (Å²) in [5.74, 6) is 0.957. The summed E-state index contributed by atoms with van der Waals surface area (Å²) in [6.07, 6.45) is 4.60. The highest BCUT2D eigenvalue weighted by Crippen LogP contribution is 2.26. The molecule has 0 saturated carbocycles. The van der Waals surface area contributed by atoms with Gasteiger partial charge in [0, 0.05) is 40.6 Å². The first kappa shape index (κ1) is 19.6. The number of hydrogen-bond donors (Lipinski definition) is 1. The van der Waals surface area contributed by atoms with Crippen LogP contribution in [0.2, 0.25) is 0 Å². The van der Waals surface area contributed by atoms with Crippen LogP contribution in [0.15, 0.2) is 60.9 Å². The molecule has 1 aromatic carbocycles. The molecule has 0 amide bonds. The van der Waals surface area contributed by atoms with Gasteiger partial charge < -0.3 is 10.1 Å². The number of nitrogens with one attached hydrogen (secondary N) is 1. The molecule has 0 aliphatic carbocycles. The summed E-state index contributed by atoms with van der Waals surface area (Å²) in [4.78, 5) is 18.3. The van der Waals surface area contributed by atoms with Crippen LogP contribution in [0.5, 0.6) is 0 Å². The highest BCUT2D eigenvalue weighted by Gasteiger charge is 2.29. The van der Waals surface area contributed by atoms with E-state index >= 15 is 0 Å². The van der Waals surface area contributed by atoms with Crippen molar-refractivity contribution in [3.8, 4) is 11.3 Å². The van der Waals surface area contributed by atoms with Crippen molar-refractivity contribution < 1.29 is 4.74 Å². The molecule has 31 heavy (non-hydrogen) atoms. The zero-order valence-electron chi connectivity index (χ0n) is 17.7. The van der Waals surface area contributed by atoms with E-state index < -0.39 is 0 Å². The van der Waals surface area contributed by atoms with E-state index in [2.05, 4.69) is 50.6 Å². The summed E-state index contributed by atoms with van der Waals surface area (Å²) >= 11 is 0. The highest BCUT2D eigenvalue weighted by atomic mass is 16.5. The maximum atomic E-state index is 5.83. The molecule has 1 aliphatic heterocycles. The molecule has 4 heterocycles. The zero-order valence-corrected chi connectivity index (χ0v) is 17.7. The molecule has 0 unspecified atom stereocenters. The molecule has 1 fully saturated rings. The van der Waals surface area contributed by atoms with Crippen molar-refractivity contribution in [2.45, 2.75) is 26.3 Å². The van der Waals surface area contributed by atoms with Gasteiger partial charge in [-0.3, -0.25) is 9.97 Å². The first-order chi connectivity index (χ1) is 15.2. The van der Waals surface area contributed by atoms with Crippen molar-refractivity contribution in [3.05, 3.63) is 77.9 Å². The Morgan fingerprint density at radius 3 is 2.71 bits per heavy atom. The van der Waals surface area contributed by atoms with Crippen molar-refractivity contribution >= 4 is 16.9 Å². The summed E-state index contributed by atoms with van der Waals surface area (Å²) in [5.41, 5.74) is 6.20. The number of fused-ring (bicyclic) bond motifs is 1. The van der Waals surface area contributed by atoms with Crippen molar-refractivity contribution in [1.82, 2.24) is 19.9 Å². The number of rotatable bonds is 5. The number of pyridine rings is 2. The van der Waals surface area contributed by atoms with Gasteiger partial charge in [-0.05, 0) is 56.2 Å². The van der Waals surface area contributed by atoms with E-state index in [9.17, 15) is 0 Å². The quantitative estimate of drug-likeness (QED) is 0.526. The molecule has 2 atom stereocenters. The van der Waals surface area contributed by atoms with E-state index in [0.717, 1.165) is 41.2 Å². The molecule has 0 spiro atoms. The number of anilines is 1. The van der Waals surface area contributed by atoms with Gasteiger partial charge in [0.15, 0.2) is 0 Å². The summed E-state index contributed by atoms with van der Waals surface area (Å²) in [7, 11) is 0. The third kappa shape index (κ3) is 4.11. The van der Waals surface area contributed by atoms with E-state index in [1.807, 2.05) is 38.2 Å². The predicted molar refractivity (Wildman–Crippen MR) is 122 cm³/mol. The van der Waals surface area contributed by atoms with Crippen LogP contribution < -0.4 is 5.32 Å². The first-order valence-electron chi connectivity index (χ1n) is 10.6. The molecule has 6 heteroatoms. The standard InChI is InChI=1S/C25H25N5O/c1-16-7-8-20(17(2)28-16)23-10-12-27-25(29-23)30-24-15-31-14-19(24)13-18-9-11-26-22-6-4-3-5-21(18)22/h3-12,19,24H,13-15H2,1-2H3,(H,27,29,30)/t19-,24-/m1/s1. The molecule has 1 aliphatic rings. The lowest BCUT2D eigenvalue weighted by Gasteiger charge is -2.20. The molecule has 4 aromatic rings. The fraction of sp³-hybridized carbons (Fsp3) is 0.280. The van der Waals surface area contributed by atoms with Crippen LogP contribution >= 0.6 is 0 Å². The Morgan fingerprint density at radius 1 is 0.935 bits per heavy atom. The maximum absolute atomic E-state index is 5.83. The van der Waals surface area contributed by atoms with Gasteiger partial charge in [-0.1, -0.05) is 18.2 Å². The summed E-state index contributed by atoms with van der Waals surface area (Å²) in [5, 5.41) is 4.72. The largest absolute Gasteiger partial charge is 0.379 e. The Hall–Kier alpha value is -3.38. The van der Waals surface area contributed by atoms with E-state index in [4.69, 9.17) is 9.72 Å². The molecule has 1 saturated heterocycles. The van der Waals surface area contributed by atoms with Crippen LogP contribution in [0.1, 0.15) is 17.0 Å². The van der Waals surface area contributed by atoms with Crippen LogP contribution in [-0.4, -0.2) is 39.2 Å². The smallest absolute Gasteiger partial charge is 0.223 e. The van der Waals surface area contributed by atoms with Gasteiger partial charge in [0.25, 0.3) is 0 Å². The second kappa shape index (κ2) is 8.40. The fourth-order valence-corrected chi connectivity index (χ4v) is 4.28. The van der Waals surface area contributed by atoms with Crippen molar-refractivity contribution in [2.24, 2.45) is 5.92 Å². The van der Waals surface area contributed by atoms with Gasteiger partial charge in [-0.2, -0.15) is 0 Å². The molecule has 5 rings (SSSR count). The SMILES string of the molecule is Cc1ccc(-c2ccnc(N[C@@H]3COC[C@H]3Cc3ccnc4ccccc34)n2)c(C)n1. The number of para-hydroxylation sites is 1. The normalized spacial score (nSPS) is 18.4. The van der Waals surface area contributed by atoms with Crippen molar-refractivity contribution in [2.75, 3.05) is 18.5 Å². The molecule has 0 bridgehead atoms. The highest BCUT2D eigenvalue weighted by molar-refractivity contribution is 5.81. The van der Waals surface area contributed by atoms with Gasteiger partial charge in [0.05, 0.1) is 30.5 Å². The number of hydrogen-bond acceptors (Lipinski definition) is 6. The van der Waals surface area contributed by atoms with Crippen LogP contribution in [0, 0.1) is 19.8 Å². The number of benzene rings is 1.